The fourth-order valence-electron chi connectivity index (χ4n) is 9.05. The van der Waals surface area contributed by atoms with Crippen LogP contribution in [0.15, 0.2) is 221 Å². The van der Waals surface area contributed by atoms with E-state index in [-0.39, 0.29) is 0 Å². The zero-order valence-electron chi connectivity index (χ0n) is 32.0. The summed E-state index contributed by atoms with van der Waals surface area (Å²) in [7, 11) is 0. The summed E-state index contributed by atoms with van der Waals surface area (Å²) < 4.78 is 13.5. The van der Waals surface area contributed by atoms with Crippen LogP contribution < -0.4 is 4.90 Å². The quantitative estimate of drug-likeness (QED) is 0.169. The van der Waals surface area contributed by atoms with Crippen molar-refractivity contribution < 1.29 is 8.83 Å². The second-order valence-electron chi connectivity index (χ2n) is 15.2. The largest absolute Gasteiger partial charge is 0.455 e. The molecule has 2 aromatic heterocycles. The first-order valence-corrected chi connectivity index (χ1v) is 20.1. The SMILES string of the molecule is c1cc(-c2ccc(N(c3ccccc3-c3cccc4c3oc3cc5ccccc5cc34)c3cccc4c3oc3ccccc34)cc2)cc(-c2cccc3ccccc23)c1. The van der Waals surface area contributed by atoms with Gasteiger partial charge in [0.15, 0.2) is 5.58 Å². The van der Waals surface area contributed by atoms with Crippen LogP contribution >= 0.6 is 0 Å². The minimum atomic E-state index is 0.837. The smallest absolute Gasteiger partial charge is 0.159 e. The fraction of sp³-hybridized carbons (Fsp3) is 0. The first-order chi connectivity index (χ1) is 29.2. The van der Waals surface area contributed by atoms with Crippen molar-refractivity contribution in [2.45, 2.75) is 0 Å². The van der Waals surface area contributed by atoms with Gasteiger partial charge in [0, 0.05) is 38.4 Å². The Hall–Kier alpha value is -7.88. The van der Waals surface area contributed by atoms with Gasteiger partial charge in [0.2, 0.25) is 0 Å². The topological polar surface area (TPSA) is 29.5 Å². The number of fused-ring (bicyclic) bond motifs is 8. The van der Waals surface area contributed by atoms with Crippen LogP contribution in [0.3, 0.4) is 0 Å². The summed E-state index contributed by atoms with van der Waals surface area (Å²) in [6, 6.07) is 75.6. The van der Waals surface area contributed by atoms with Crippen LogP contribution in [-0.4, -0.2) is 0 Å². The van der Waals surface area contributed by atoms with E-state index in [0.717, 1.165) is 88.6 Å². The lowest BCUT2D eigenvalue weighted by atomic mass is 9.95. The van der Waals surface area contributed by atoms with E-state index in [1.165, 1.54) is 27.3 Å². The molecule has 0 saturated carbocycles. The van der Waals surface area contributed by atoms with E-state index in [1.54, 1.807) is 0 Å². The first-order valence-electron chi connectivity index (χ1n) is 20.1. The highest BCUT2D eigenvalue weighted by molar-refractivity contribution is 6.15. The molecule has 12 aromatic rings. The molecule has 0 aliphatic carbocycles. The number of nitrogens with zero attached hydrogens (tertiary/aromatic N) is 1. The molecule has 0 unspecified atom stereocenters. The van der Waals surface area contributed by atoms with Gasteiger partial charge < -0.3 is 13.7 Å². The molecule has 0 bridgehead atoms. The van der Waals surface area contributed by atoms with Gasteiger partial charge >= 0.3 is 0 Å². The third-order valence-corrected chi connectivity index (χ3v) is 11.8. The lowest BCUT2D eigenvalue weighted by Crippen LogP contribution is -2.11. The second kappa shape index (κ2) is 13.4. The highest BCUT2D eigenvalue weighted by atomic mass is 16.3. The van der Waals surface area contributed by atoms with Gasteiger partial charge in [0.05, 0.1) is 11.4 Å². The van der Waals surface area contributed by atoms with Gasteiger partial charge in [-0.25, -0.2) is 0 Å². The summed E-state index contributed by atoms with van der Waals surface area (Å²) in [6.07, 6.45) is 0. The molecule has 3 nitrogen and oxygen atoms in total. The molecule has 0 amide bonds. The monoisotopic (exact) mass is 753 g/mol. The van der Waals surface area contributed by atoms with Gasteiger partial charge in [-0.05, 0) is 92.3 Å². The van der Waals surface area contributed by atoms with Crippen molar-refractivity contribution >= 4 is 82.5 Å². The van der Waals surface area contributed by atoms with Gasteiger partial charge in [-0.1, -0.05) is 164 Å². The Balaban J connectivity index is 1.03. The highest BCUT2D eigenvalue weighted by Gasteiger charge is 2.24. The first kappa shape index (κ1) is 33.3. The van der Waals surface area contributed by atoms with E-state index in [2.05, 4.69) is 205 Å². The van der Waals surface area contributed by atoms with E-state index in [0.29, 0.717) is 0 Å². The molecular weight excluding hydrogens is 719 g/mol. The van der Waals surface area contributed by atoms with Crippen molar-refractivity contribution in [2.75, 3.05) is 4.90 Å². The minimum Gasteiger partial charge on any atom is -0.455 e. The van der Waals surface area contributed by atoms with Gasteiger partial charge in [-0.2, -0.15) is 0 Å². The summed E-state index contributed by atoms with van der Waals surface area (Å²) in [5, 5.41) is 9.23. The van der Waals surface area contributed by atoms with Crippen molar-refractivity contribution in [3.05, 3.63) is 212 Å². The maximum absolute atomic E-state index is 6.80. The predicted molar refractivity (Wildman–Crippen MR) is 247 cm³/mol. The molecule has 59 heavy (non-hydrogen) atoms. The van der Waals surface area contributed by atoms with Crippen molar-refractivity contribution in [3.63, 3.8) is 0 Å². The molecule has 12 rings (SSSR count). The van der Waals surface area contributed by atoms with E-state index in [9.17, 15) is 0 Å². The second-order valence-corrected chi connectivity index (χ2v) is 15.2. The molecule has 0 fully saturated rings. The van der Waals surface area contributed by atoms with Crippen LogP contribution in [0.1, 0.15) is 0 Å². The summed E-state index contributed by atoms with van der Waals surface area (Å²) in [4.78, 5) is 2.34. The van der Waals surface area contributed by atoms with Gasteiger partial charge in [-0.15, -0.1) is 0 Å². The van der Waals surface area contributed by atoms with Crippen molar-refractivity contribution in [1.82, 2.24) is 0 Å². The van der Waals surface area contributed by atoms with Crippen LogP contribution in [0.25, 0.3) is 98.8 Å². The highest BCUT2D eigenvalue weighted by Crippen LogP contribution is 2.47. The third kappa shape index (κ3) is 5.44. The molecule has 0 spiro atoms. The van der Waals surface area contributed by atoms with E-state index in [1.807, 2.05) is 12.1 Å². The van der Waals surface area contributed by atoms with Crippen molar-refractivity contribution in [2.24, 2.45) is 0 Å². The van der Waals surface area contributed by atoms with Crippen molar-refractivity contribution in [3.8, 4) is 33.4 Å². The van der Waals surface area contributed by atoms with Gasteiger partial charge in [-0.3, -0.25) is 0 Å². The van der Waals surface area contributed by atoms with Crippen molar-refractivity contribution in [1.29, 1.82) is 0 Å². The number of benzene rings is 10. The lowest BCUT2D eigenvalue weighted by molar-refractivity contribution is 0.669. The molecule has 276 valence electrons. The van der Waals surface area contributed by atoms with Crippen LogP contribution in [0, 0.1) is 0 Å². The molecule has 0 saturated heterocycles. The molecule has 0 aliphatic heterocycles. The summed E-state index contributed by atoms with van der Waals surface area (Å²) in [5.41, 5.74) is 13.3. The summed E-state index contributed by atoms with van der Waals surface area (Å²) in [5.74, 6) is 0. The Morgan fingerprint density at radius 1 is 0.288 bits per heavy atom. The van der Waals surface area contributed by atoms with Gasteiger partial charge in [0.25, 0.3) is 0 Å². The molecule has 2 heterocycles. The maximum atomic E-state index is 6.80. The van der Waals surface area contributed by atoms with E-state index in [4.69, 9.17) is 8.83 Å². The number of hydrogen-bond acceptors (Lipinski definition) is 3. The third-order valence-electron chi connectivity index (χ3n) is 11.8. The summed E-state index contributed by atoms with van der Waals surface area (Å²) in [6.45, 7) is 0. The zero-order valence-corrected chi connectivity index (χ0v) is 32.0. The minimum absolute atomic E-state index is 0.837. The van der Waals surface area contributed by atoms with Crippen LogP contribution in [0.2, 0.25) is 0 Å². The van der Waals surface area contributed by atoms with E-state index < -0.39 is 0 Å². The average molecular weight is 754 g/mol. The Morgan fingerprint density at radius 3 is 1.75 bits per heavy atom. The lowest BCUT2D eigenvalue weighted by Gasteiger charge is -2.28. The fourth-order valence-corrected chi connectivity index (χ4v) is 9.05. The van der Waals surface area contributed by atoms with Gasteiger partial charge in [0.1, 0.15) is 16.7 Å². The maximum Gasteiger partial charge on any atom is 0.159 e. The van der Waals surface area contributed by atoms with Crippen LogP contribution in [0.5, 0.6) is 0 Å². The molecule has 3 heteroatoms. The van der Waals surface area contributed by atoms with E-state index >= 15 is 0 Å². The van der Waals surface area contributed by atoms with Crippen LogP contribution in [-0.2, 0) is 0 Å². The number of anilines is 3. The normalized spacial score (nSPS) is 11.7. The molecule has 0 aliphatic rings. The number of furan rings is 2. The van der Waals surface area contributed by atoms with Crippen LogP contribution in [0.4, 0.5) is 17.1 Å². The average Bonchev–Trinajstić information content (AvgIpc) is 3.87. The Kier molecular flexibility index (Phi) is 7.54. The Labute approximate surface area is 340 Å². The molecular formula is C56H35NO2. The predicted octanol–water partition coefficient (Wildman–Crippen LogP) is 16.3. The molecule has 0 N–H and O–H groups in total. The molecule has 0 radical (unpaired) electrons. The zero-order chi connectivity index (χ0) is 38.9. The standard InChI is InChI=1S/C56H35NO2/c1-2-15-40-35-54-50(34-39(40)14-1)49-24-11-23-47(55(49)59-54)45-20-5-7-26-51(45)57(52-27-12-25-48-46-21-6-8-28-53(46)58-56(48)52)42-31-29-36(30-32-42)38-17-9-18-41(33-38)44-22-10-16-37-13-3-4-19-43(37)44/h1-35H. The number of para-hydroxylation sites is 4. The molecule has 10 aromatic carbocycles. The summed E-state index contributed by atoms with van der Waals surface area (Å²) >= 11 is 0. The Bertz CT molecular complexity index is 3570. The molecule has 0 atom stereocenters. The number of rotatable bonds is 6. The number of hydrogen-bond donors (Lipinski definition) is 0. The Morgan fingerprint density at radius 2 is 0.864 bits per heavy atom.